The summed E-state index contributed by atoms with van der Waals surface area (Å²) in [6.07, 6.45) is 8.29. The topological polar surface area (TPSA) is 59.8 Å². The Balaban J connectivity index is 1.42. The number of β-amino-alcohol motifs (C(OH)–C–C–N with tert-alkyl or cyclic N) is 1. The van der Waals surface area contributed by atoms with Crippen molar-refractivity contribution in [2.75, 3.05) is 32.9 Å². The summed E-state index contributed by atoms with van der Waals surface area (Å²) in [7, 11) is 1.94. The predicted molar refractivity (Wildman–Crippen MR) is 82.6 cm³/mol. The Morgan fingerprint density at radius 3 is 3.09 bits per heavy atom. The minimum atomic E-state index is -0.446. The van der Waals surface area contributed by atoms with Crippen LogP contribution in [-0.4, -0.2) is 64.9 Å². The number of rotatable bonds is 7. The molecular weight excluding hydrogens is 282 g/mol. The van der Waals surface area contributed by atoms with Crippen molar-refractivity contribution in [3.8, 4) is 0 Å². The van der Waals surface area contributed by atoms with Crippen LogP contribution in [0.4, 0.5) is 0 Å². The molecule has 6 nitrogen and oxygen atoms in total. The largest absolute Gasteiger partial charge is 0.389 e. The van der Waals surface area contributed by atoms with E-state index in [0.717, 1.165) is 32.4 Å². The van der Waals surface area contributed by atoms with Crippen LogP contribution in [-0.2, 0) is 16.5 Å². The lowest BCUT2D eigenvalue weighted by Crippen LogP contribution is -2.35. The molecule has 2 aliphatic rings. The molecule has 22 heavy (non-hydrogen) atoms. The van der Waals surface area contributed by atoms with Crippen LogP contribution in [0, 0.1) is 0 Å². The van der Waals surface area contributed by atoms with E-state index in [4.69, 9.17) is 9.47 Å². The molecule has 0 amide bonds. The fraction of sp³-hybridized carbons (Fsp3) is 0.812. The number of hydrogen-bond acceptors (Lipinski definition) is 5. The third-order valence-corrected chi connectivity index (χ3v) is 4.56. The lowest BCUT2D eigenvalue weighted by atomic mass is 10.1. The predicted octanol–water partition coefficient (Wildman–Crippen LogP) is 1.11. The summed E-state index contributed by atoms with van der Waals surface area (Å²) in [4.78, 5) is 2.34. The molecule has 124 valence electrons. The second-order valence-corrected chi connectivity index (χ2v) is 6.43. The van der Waals surface area contributed by atoms with E-state index in [1.54, 1.807) is 0 Å². The lowest BCUT2D eigenvalue weighted by molar-refractivity contribution is -0.0261. The van der Waals surface area contributed by atoms with Crippen LogP contribution in [0.5, 0.6) is 0 Å². The maximum atomic E-state index is 10.2. The summed E-state index contributed by atoms with van der Waals surface area (Å²) in [5.41, 5.74) is 1.24. The van der Waals surface area contributed by atoms with Crippen LogP contribution in [0.1, 0.15) is 37.3 Å². The highest BCUT2D eigenvalue weighted by Crippen LogP contribution is 2.31. The third kappa shape index (κ3) is 4.07. The van der Waals surface area contributed by atoms with Crippen molar-refractivity contribution in [1.29, 1.82) is 0 Å². The van der Waals surface area contributed by atoms with Crippen LogP contribution in [0.25, 0.3) is 0 Å². The molecule has 3 heterocycles. The summed E-state index contributed by atoms with van der Waals surface area (Å²) < 4.78 is 13.0. The number of likely N-dealkylation sites (tertiary alicyclic amines) is 1. The van der Waals surface area contributed by atoms with Gasteiger partial charge in [-0.25, -0.2) is 0 Å². The van der Waals surface area contributed by atoms with Crippen molar-refractivity contribution < 1.29 is 14.6 Å². The van der Waals surface area contributed by atoms with Gasteiger partial charge in [-0.05, 0) is 32.2 Å². The quantitative estimate of drug-likeness (QED) is 0.818. The van der Waals surface area contributed by atoms with E-state index in [1.807, 2.05) is 17.9 Å². The zero-order valence-corrected chi connectivity index (χ0v) is 13.4. The van der Waals surface area contributed by atoms with Crippen molar-refractivity contribution >= 4 is 0 Å². The van der Waals surface area contributed by atoms with Crippen LogP contribution >= 0.6 is 0 Å². The molecule has 3 atom stereocenters. The highest BCUT2D eigenvalue weighted by molar-refractivity contribution is 5.12. The first-order chi connectivity index (χ1) is 10.7. The van der Waals surface area contributed by atoms with Crippen LogP contribution < -0.4 is 0 Å². The van der Waals surface area contributed by atoms with Gasteiger partial charge in [0.05, 0.1) is 31.6 Å². The number of aliphatic hydroxyl groups excluding tert-OH is 1. The molecule has 0 aliphatic carbocycles. The van der Waals surface area contributed by atoms with Gasteiger partial charge in [0, 0.05) is 38.0 Å². The van der Waals surface area contributed by atoms with Crippen LogP contribution in [0.2, 0.25) is 0 Å². The summed E-state index contributed by atoms with van der Waals surface area (Å²) in [5, 5.41) is 14.5. The summed E-state index contributed by atoms with van der Waals surface area (Å²) in [6, 6.07) is 0.376. The number of aryl methyl sites for hydroxylation is 1. The highest BCUT2D eigenvalue weighted by Gasteiger charge is 2.28. The first-order valence-corrected chi connectivity index (χ1v) is 8.32. The zero-order chi connectivity index (χ0) is 15.4. The molecule has 1 aromatic rings. The van der Waals surface area contributed by atoms with Gasteiger partial charge in [0.15, 0.2) is 0 Å². The molecule has 0 unspecified atom stereocenters. The Kier molecular flexibility index (Phi) is 5.46. The minimum Gasteiger partial charge on any atom is -0.389 e. The van der Waals surface area contributed by atoms with Crippen molar-refractivity contribution in [3.63, 3.8) is 0 Å². The minimum absolute atomic E-state index is 0.224. The standard InChI is InChI=1S/C16H27N3O3/c1-18-9-13(8-17-18)16-5-2-6-19(16)10-14(20)11-21-12-15-4-3-7-22-15/h8-9,14-16,20H,2-7,10-12H2,1H3/t14-,15-,16-/m0/s1. The maximum absolute atomic E-state index is 10.2. The highest BCUT2D eigenvalue weighted by atomic mass is 16.5. The van der Waals surface area contributed by atoms with Crippen molar-refractivity contribution in [2.45, 2.75) is 43.9 Å². The van der Waals surface area contributed by atoms with Gasteiger partial charge in [-0.1, -0.05) is 0 Å². The summed E-state index contributed by atoms with van der Waals surface area (Å²) in [6.45, 7) is 3.52. The average Bonchev–Trinajstić information content (AvgIpc) is 3.20. The monoisotopic (exact) mass is 309 g/mol. The van der Waals surface area contributed by atoms with Crippen LogP contribution in [0.3, 0.4) is 0 Å². The molecule has 3 rings (SSSR count). The molecule has 1 aromatic heterocycles. The number of aliphatic hydroxyl groups is 1. The number of ether oxygens (including phenoxy) is 2. The molecule has 0 aromatic carbocycles. The third-order valence-electron chi connectivity index (χ3n) is 4.56. The Labute approximate surface area is 132 Å². The van der Waals surface area contributed by atoms with Gasteiger partial charge in [-0.2, -0.15) is 5.10 Å². The second kappa shape index (κ2) is 7.55. The van der Waals surface area contributed by atoms with Gasteiger partial charge in [0.2, 0.25) is 0 Å². The fourth-order valence-electron chi connectivity index (χ4n) is 3.47. The molecule has 0 spiro atoms. The molecule has 1 N–H and O–H groups in total. The van der Waals surface area contributed by atoms with Crippen LogP contribution in [0.15, 0.2) is 12.4 Å². The summed E-state index contributed by atoms with van der Waals surface area (Å²) in [5.74, 6) is 0. The smallest absolute Gasteiger partial charge is 0.0900 e. The molecule has 6 heteroatoms. The first-order valence-electron chi connectivity index (χ1n) is 8.32. The van der Waals surface area contributed by atoms with Crippen molar-refractivity contribution in [1.82, 2.24) is 14.7 Å². The fourth-order valence-corrected chi connectivity index (χ4v) is 3.47. The van der Waals surface area contributed by atoms with Crippen molar-refractivity contribution in [3.05, 3.63) is 18.0 Å². The second-order valence-electron chi connectivity index (χ2n) is 6.43. The molecule has 2 saturated heterocycles. The molecule has 2 aliphatic heterocycles. The van der Waals surface area contributed by atoms with Gasteiger partial charge in [0.1, 0.15) is 0 Å². The van der Waals surface area contributed by atoms with E-state index < -0.39 is 6.10 Å². The molecule has 0 bridgehead atoms. The van der Waals surface area contributed by atoms with Gasteiger partial charge in [-0.3, -0.25) is 9.58 Å². The normalized spacial score (nSPS) is 27.5. The van der Waals surface area contributed by atoms with E-state index in [-0.39, 0.29) is 6.10 Å². The molecule has 0 radical (unpaired) electrons. The van der Waals surface area contributed by atoms with Crippen molar-refractivity contribution in [2.24, 2.45) is 7.05 Å². The molecule has 0 saturated carbocycles. The van der Waals surface area contributed by atoms with E-state index in [9.17, 15) is 5.11 Å². The number of hydrogen-bond donors (Lipinski definition) is 1. The van der Waals surface area contributed by atoms with E-state index in [0.29, 0.717) is 25.8 Å². The Morgan fingerprint density at radius 1 is 1.45 bits per heavy atom. The Hall–Kier alpha value is -0.950. The number of aromatic nitrogens is 2. The molecule has 2 fully saturated rings. The zero-order valence-electron chi connectivity index (χ0n) is 13.4. The SMILES string of the molecule is Cn1cc([C@@H]2CCCN2C[C@H](O)COC[C@@H]2CCCO2)cn1. The molecular formula is C16H27N3O3. The van der Waals surface area contributed by atoms with E-state index in [2.05, 4.69) is 16.2 Å². The van der Waals surface area contributed by atoms with E-state index >= 15 is 0 Å². The van der Waals surface area contributed by atoms with Gasteiger partial charge < -0.3 is 14.6 Å². The van der Waals surface area contributed by atoms with Gasteiger partial charge >= 0.3 is 0 Å². The van der Waals surface area contributed by atoms with Gasteiger partial charge in [-0.15, -0.1) is 0 Å². The van der Waals surface area contributed by atoms with Gasteiger partial charge in [0.25, 0.3) is 0 Å². The maximum Gasteiger partial charge on any atom is 0.0900 e. The number of nitrogens with zero attached hydrogens (tertiary/aromatic N) is 3. The summed E-state index contributed by atoms with van der Waals surface area (Å²) >= 11 is 0. The first kappa shape index (κ1) is 15.9. The Bertz CT molecular complexity index is 459. The Morgan fingerprint density at radius 2 is 2.36 bits per heavy atom. The lowest BCUT2D eigenvalue weighted by Gasteiger charge is -2.26. The average molecular weight is 309 g/mol. The van der Waals surface area contributed by atoms with E-state index in [1.165, 1.54) is 12.0 Å².